The van der Waals surface area contributed by atoms with Crippen LogP contribution >= 0.6 is 0 Å². The van der Waals surface area contributed by atoms with Crippen molar-refractivity contribution in [2.75, 3.05) is 0 Å². The van der Waals surface area contributed by atoms with Crippen molar-refractivity contribution in [2.24, 2.45) is 14.1 Å². The molecule has 1 aromatic heterocycles. The third-order valence-corrected chi connectivity index (χ3v) is 2.48. The normalized spacial score (nSPS) is 11.1. The van der Waals surface area contributed by atoms with Gasteiger partial charge in [0.2, 0.25) is 0 Å². The molecule has 0 saturated heterocycles. The smallest absolute Gasteiger partial charge is 0.473 e. The van der Waals surface area contributed by atoms with E-state index in [1.807, 2.05) is 36.0 Å². The Balaban J connectivity index is 0.000000312. The van der Waals surface area contributed by atoms with E-state index in [0.29, 0.717) is 5.69 Å². The van der Waals surface area contributed by atoms with Gasteiger partial charge in [0.05, 0.1) is 12.4 Å². The van der Waals surface area contributed by atoms with Gasteiger partial charge in [-0.25, -0.2) is 4.79 Å². The van der Waals surface area contributed by atoms with Crippen LogP contribution in [0.15, 0.2) is 24.3 Å². The second-order valence-corrected chi connectivity index (χ2v) is 3.71. The summed E-state index contributed by atoms with van der Waals surface area (Å²) < 4.78 is 42.5. The zero-order chi connectivity index (χ0) is 14.8. The molecular weight excluding hydrogens is 267 g/mol. The van der Waals surface area contributed by atoms with Crippen molar-refractivity contribution in [3.05, 3.63) is 30.0 Å². The Hall–Kier alpha value is -2.06. The highest BCUT2D eigenvalue weighted by atomic mass is 19.5. The summed E-state index contributed by atoms with van der Waals surface area (Å²) in [5.41, 5.74) is 1.25. The Morgan fingerprint density at radius 2 is 1.74 bits per heavy atom. The lowest BCUT2D eigenvalue weighted by Crippen LogP contribution is -2.42. The zero-order valence-electron chi connectivity index (χ0n) is 10.1. The van der Waals surface area contributed by atoms with Crippen molar-refractivity contribution in [3.8, 4) is 0 Å². The number of aromatic nitrogens is 2. The van der Waals surface area contributed by atoms with E-state index < -0.39 is 13.2 Å². The standard InChI is InChI=1S/C10H10N2O2.BF4/c1-11-8-6-4-3-5-7(8)9(10(13)14)12(11)2;2-1(3,4)5/h3-6H,1-2H3;/q;-1/p+1. The van der Waals surface area contributed by atoms with Gasteiger partial charge in [0, 0.05) is 0 Å². The molecule has 0 radical (unpaired) electrons. The predicted octanol–water partition coefficient (Wildman–Crippen LogP) is 2.00. The fraction of sp³-hybridized carbons (Fsp3) is 0.200. The predicted molar refractivity (Wildman–Crippen MR) is 61.2 cm³/mol. The number of hydrogen-bond donors (Lipinski definition) is 1. The van der Waals surface area contributed by atoms with Crippen LogP contribution in [-0.4, -0.2) is 23.0 Å². The minimum atomic E-state index is -6.00. The molecule has 0 aliphatic rings. The third kappa shape index (κ3) is 3.70. The Kier molecular flexibility index (Phi) is 4.18. The number of hydrogen-bond acceptors (Lipinski definition) is 1. The van der Waals surface area contributed by atoms with E-state index in [4.69, 9.17) is 5.11 Å². The number of carboxylic acids is 1. The fourth-order valence-electron chi connectivity index (χ4n) is 1.70. The number of fused-ring (bicyclic) bond motifs is 1. The fourth-order valence-corrected chi connectivity index (χ4v) is 1.70. The highest BCUT2D eigenvalue weighted by molar-refractivity contribution is 6.50. The molecule has 0 amide bonds. The van der Waals surface area contributed by atoms with E-state index in [2.05, 4.69) is 0 Å². The summed E-state index contributed by atoms with van der Waals surface area (Å²) >= 11 is 0. The summed E-state index contributed by atoms with van der Waals surface area (Å²) in [4.78, 5) is 11.0. The first kappa shape index (κ1) is 15.0. The number of aryl methyl sites for hydroxylation is 1. The van der Waals surface area contributed by atoms with Crippen LogP contribution < -0.4 is 4.68 Å². The number of rotatable bonds is 1. The highest BCUT2D eigenvalue weighted by Crippen LogP contribution is 2.15. The Morgan fingerprint density at radius 1 is 1.26 bits per heavy atom. The van der Waals surface area contributed by atoms with Gasteiger partial charge in [-0.05, 0) is 12.1 Å². The average Bonchev–Trinajstić information content (AvgIpc) is 2.50. The molecule has 104 valence electrons. The van der Waals surface area contributed by atoms with E-state index in [1.165, 1.54) is 0 Å². The quantitative estimate of drug-likeness (QED) is 0.492. The first-order chi connectivity index (χ1) is 8.63. The molecule has 2 aromatic rings. The van der Waals surface area contributed by atoms with E-state index in [1.54, 1.807) is 11.7 Å². The SMILES string of the molecule is Cn1c2ccccc2c(C(=O)O)[n+]1C.F[B-](F)(F)F. The summed E-state index contributed by atoms with van der Waals surface area (Å²) in [6, 6.07) is 7.46. The second kappa shape index (κ2) is 5.29. The molecule has 1 heterocycles. The van der Waals surface area contributed by atoms with Crippen molar-refractivity contribution >= 4 is 24.1 Å². The van der Waals surface area contributed by atoms with Crippen LogP contribution in [0.25, 0.3) is 10.9 Å². The molecule has 0 saturated carbocycles. The summed E-state index contributed by atoms with van der Waals surface area (Å²) in [6.45, 7) is 0. The number of para-hydroxylation sites is 1. The van der Waals surface area contributed by atoms with Crippen LogP contribution in [0, 0.1) is 0 Å². The Bertz CT molecular complexity index is 603. The lowest BCUT2D eigenvalue weighted by atomic mass is 10.2. The van der Waals surface area contributed by atoms with Gasteiger partial charge in [-0.15, -0.1) is 4.68 Å². The number of aromatic carboxylic acids is 1. The summed E-state index contributed by atoms with van der Waals surface area (Å²) in [6.07, 6.45) is 0. The van der Waals surface area contributed by atoms with Crippen molar-refractivity contribution in [2.45, 2.75) is 0 Å². The van der Waals surface area contributed by atoms with Crippen molar-refractivity contribution in [1.82, 2.24) is 4.68 Å². The molecular formula is C10H11BF4N2O2. The average molecular weight is 278 g/mol. The van der Waals surface area contributed by atoms with Gasteiger partial charge in [0.25, 0.3) is 0 Å². The molecule has 1 aromatic carbocycles. The van der Waals surface area contributed by atoms with Crippen molar-refractivity contribution in [3.63, 3.8) is 0 Å². The minimum Gasteiger partial charge on any atom is -0.473 e. The van der Waals surface area contributed by atoms with Crippen LogP contribution in [0.5, 0.6) is 0 Å². The van der Waals surface area contributed by atoms with Gasteiger partial charge >= 0.3 is 18.9 Å². The summed E-state index contributed by atoms with van der Waals surface area (Å²) in [7, 11) is -2.42. The molecule has 9 heteroatoms. The highest BCUT2D eigenvalue weighted by Gasteiger charge is 2.25. The van der Waals surface area contributed by atoms with E-state index in [-0.39, 0.29) is 0 Å². The van der Waals surface area contributed by atoms with Crippen molar-refractivity contribution < 1.29 is 31.8 Å². The Labute approximate surface area is 106 Å². The molecule has 4 nitrogen and oxygen atoms in total. The molecule has 0 atom stereocenters. The van der Waals surface area contributed by atoms with Crippen molar-refractivity contribution in [1.29, 1.82) is 0 Å². The van der Waals surface area contributed by atoms with Gasteiger partial charge in [-0.2, -0.15) is 4.68 Å². The van der Waals surface area contributed by atoms with E-state index in [0.717, 1.165) is 10.9 Å². The molecule has 0 unspecified atom stereocenters. The number of nitrogens with zero attached hydrogens (tertiary/aromatic N) is 2. The van der Waals surface area contributed by atoms with Gasteiger partial charge in [-0.3, -0.25) is 0 Å². The second-order valence-electron chi connectivity index (χ2n) is 3.71. The molecule has 1 N–H and O–H groups in total. The number of carbonyl (C=O) groups is 1. The maximum absolute atomic E-state index is 11.0. The summed E-state index contributed by atoms with van der Waals surface area (Å²) in [5, 5.41) is 9.81. The third-order valence-electron chi connectivity index (χ3n) is 2.48. The lowest BCUT2D eigenvalue weighted by molar-refractivity contribution is -0.750. The zero-order valence-corrected chi connectivity index (χ0v) is 10.1. The topological polar surface area (TPSA) is 46.1 Å². The van der Waals surface area contributed by atoms with Crippen LogP contribution in [0.4, 0.5) is 17.3 Å². The first-order valence-corrected chi connectivity index (χ1v) is 5.17. The monoisotopic (exact) mass is 278 g/mol. The van der Waals surface area contributed by atoms with Crippen LogP contribution in [0.3, 0.4) is 0 Å². The molecule has 0 aliphatic carbocycles. The molecule has 0 bridgehead atoms. The maximum atomic E-state index is 11.0. The molecule has 0 aliphatic heterocycles. The molecule has 0 spiro atoms. The van der Waals surface area contributed by atoms with Crippen LogP contribution in [0.1, 0.15) is 10.5 Å². The summed E-state index contributed by atoms with van der Waals surface area (Å²) in [5.74, 6) is -0.899. The van der Waals surface area contributed by atoms with Gasteiger partial charge in [0.1, 0.15) is 5.52 Å². The minimum absolute atomic E-state index is 0.322. The largest absolute Gasteiger partial charge is 0.673 e. The number of carboxylic acid groups (broad SMARTS) is 1. The van der Waals surface area contributed by atoms with E-state index in [9.17, 15) is 22.1 Å². The molecule has 19 heavy (non-hydrogen) atoms. The Morgan fingerprint density at radius 3 is 2.21 bits per heavy atom. The van der Waals surface area contributed by atoms with Gasteiger partial charge in [0.15, 0.2) is 7.05 Å². The number of halogens is 4. The van der Waals surface area contributed by atoms with Gasteiger partial charge < -0.3 is 22.4 Å². The van der Waals surface area contributed by atoms with Crippen LogP contribution in [-0.2, 0) is 14.1 Å². The number of benzene rings is 1. The molecule has 0 fully saturated rings. The lowest BCUT2D eigenvalue weighted by Gasteiger charge is -1.94. The van der Waals surface area contributed by atoms with Crippen LogP contribution in [0.2, 0.25) is 0 Å². The first-order valence-electron chi connectivity index (χ1n) is 5.17. The maximum Gasteiger partial charge on any atom is 0.673 e. The van der Waals surface area contributed by atoms with E-state index >= 15 is 0 Å². The molecule has 2 rings (SSSR count). The van der Waals surface area contributed by atoms with Gasteiger partial charge in [-0.1, -0.05) is 12.1 Å².